The fraction of sp³-hybridized carbons (Fsp3) is 0.692. The third kappa shape index (κ3) is 3.47. The Balaban J connectivity index is 2.15. The smallest absolute Gasteiger partial charge is 0.223 e. The number of hydrogen-bond donors (Lipinski definition) is 3. The second-order valence-electron chi connectivity index (χ2n) is 4.86. The average molecular weight is 265 g/mol. The number of nitrogens with two attached hydrogens (primary N) is 1. The van der Waals surface area contributed by atoms with Gasteiger partial charge in [0.1, 0.15) is 11.6 Å². The number of nitrogens with zero attached hydrogens (tertiary/aromatic N) is 3. The van der Waals surface area contributed by atoms with Crippen LogP contribution >= 0.6 is 0 Å². The van der Waals surface area contributed by atoms with Crippen molar-refractivity contribution in [2.45, 2.75) is 38.6 Å². The molecule has 1 aliphatic rings. The van der Waals surface area contributed by atoms with E-state index < -0.39 is 0 Å². The molecule has 106 valence electrons. The molecule has 0 amide bonds. The normalized spacial score (nSPS) is 18.8. The molecule has 0 spiro atoms. The zero-order valence-corrected chi connectivity index (χ0v) is 11.5. The average Bonchev–Trinajstić information content (AvgIpc) is 2.84. The first-order chi connectivity index (χ1) is 9.24. The van der Waals surface area contributed by atoms with Gasteiger partial charge in [-0.2, -0.15) is 9.97 Å². The van der Waals surface area contributed by atoms with Crippen LogP contribution < -0.4 is 16.0 Å². The van der Waals surface area contributed by atoms with Gasteiger partial charge < -0.3 is 21.1 Å². The number of hydrogen-bond acceptors (Lipinski definition) is 6. The summed E-state index contributed by atoms with van der Waals surface area (Å²) in [5.74, 6) is 1.97. The summed E-state index contributed by atoms with van der Waals surface area (Å²) in [6, 6.07) is 2.41. The molecular formula is C13H23N5O. The maximum Gasteiger partial charge on any atom is 0.223 e. The van der Waals surface area contributed by atoms with E-state index in [9.17, 15) is 0 Å². The summed E-state index contributed by atoms with van der Waals surface area (Å²) < 4.78 is 0. The van der Waals surface area contributed by atoms with Crippen molar-refractivity contribution in [1.82, 2.24) is 9.97 Å². The Morgan fingerprint density at radius 1 is 1.53 bits per heavy atom. The van der Waals surface area contributed by atoms with Gasteiger partial charge in [-0.05, 0) is 32.6 Å². The van der Waals surface area contributed by atoms with Crippen molar-refractivity contribution in [2.24, 2.45) is 0 Å². The van der Waals surface area contributed by atoms with E-state index in [1.165, 1.54) is 0 Å². The van der Waals surface area contributed by atoms with Crippen molar-refractivity contribution in [3.8, 4) is 0 Å². The molecule has 19 heavy (non-hydrogen) atoms. The lowest BCUT2D eigenvalue weighted by Crippen LogP contribution is -2.30. The maximum absolute atomic E-state index is 8.97. The molecule has 1 unspecified atom stereocenters. The maximum atomic E-state index is 8.97. The Hall–Kier alpha value is -1.56. The van der Waals surface area contributed by atoms with Gasteiger partial charge in [0.15, 0.2) is 0 Å². The lowest BCUT2D eigenvalue weighted by atomic mass is 10.1. The predicted octanol–water partition coefficient (Wildman–Crippen LogP) is 1.23. The van der Waals surface area contributed by atoms with Gasteiger partial charge in [0.05, 0.1) is 0 Å². The predicted molar refractivity (Wildman–Crippen MR) is 77.3 cm³/mol. The second-order valence-corrected chi connectivity index (χ2v) is 4.86. The Kier molecular flexibility index (Phi) is 4.79. The molecule has 1 aromatic heterocycles. The highest BCUT2D eigenvalue weighted by atomic mass is 16.2. The van der Waals surface area contributed by atoms with Gasteiger partial charge >= 0.3 is 0 Å². The first-order valence-corrected chi connectivity index (χ1v) is 7.00. The number of aromatic nitrogens is 2. The minimum absolute atomic E-state index is 0.249. The van der Waals surface area contributed by atoms with Crippen molar-refractivity contribution in [1.29, 1.82) is 0 Å². The fourth-order valence-electron chi connectivity index (χ4n) is 2.64. The summed E-state index contributed by atoms with van der Waals surface area (Å²) >= 11 is 0. The minimum atomic E-state index is 0.249. The topological polar surface area (TPSA) is 87.3 Å². The van der Waals surface area contributed by atoms with Gasteiger partial charge in [-0.3, -0.25) is 0 Å². The van der Waals surface area contributed by atoms with E-state index in [1.807, 2.05) is 13.0 Å². The van der Waals surface area contributed by atoms with Crippen molar-refractivity contribution in [3.05, 3.63) is 6.07 Å². The number of rotatable bonds is 6. The van der Waals surface area contributed by atoms with Crippen LogP contribution in [0.25, 0.3) is 0 Å². The van der Waals surface area contributed by atoms with Crippen LogP contribution in [0.5, 0.6) is 0 Å². The number of aliphatic hydroxyl groups excluding tert-OH is 1. The molecule has 0 radical (unpaired) electrons. The van der Waals surface area contributed by atoms with Crippen LogP contribution in [0.3, 0.4) is 0 Å². The molecule has 0 aliphatic carbocycles. The highest BCUT2D eigenvalue weighted by Crippen LogP contribution is 2.28. The standard InChI is InChI=1S/C13H23N5O/c1-2-15-11-9-12(17-13(14)16-11)18-7-3-5-10(18)6-4-8-19/h9-10,19H,2-8H2,1H3,(H3,14,15,16,17). The first kappa shape index (κ1) is 13.9. The van der Waals surface area contributed by atoms with Crippen LogP contribution in [-0.2, 0) is 0 Å². The quantitative estimate of drug-likeness (QED) is 0.717. The zero-order valence-electron chi connectivity index (χ0n) is 11.5. The molecule has 6 heteroatoms. The molecule has 1 aromatic rings. The SMILES string of the molecule is CCNc1cc(N2CCCC2CCCO)nc(N)n1. The molecule has 1 fully saturated rings. The van der Waals surface area contributed by atoms with E-state index in [1.54, 1.807) is 0 Å². The third-order valence-electron chi connectivity index (χ3n) is 3.45. The molecule has 0 aromatic carbocycles. The fourth-order valence-corrected chi connectivity index (χ4v) is 2.64. The number of nitrogen functional groups attached to an aromatic ring is 1. The van der Waals surface area contributed by atoms with E-state index in [2.05, 4.69) is 20.2 Å². The van der Waals surface area contributed by atoms with Crippen LogP contribution in [0.15, 0.2) is 6.07 Å². The minimum Gasteiger partial charge on any atom is -0.396 e. The first-order valence-electron chi connectivity index (χ1n) is 7.00. The molecule has 6 nitrogen and oxygen atoms in total. The van der Waals surface area contributed by atoms with Crippen molar-refractivity contribution in [2.75, 3.05) is 35.6 Å². The van der Waals surface area contributed by atoms with Crippen LogP contribution in [0.1, 0.15) is 32.6 Å². The Morgan fingerprint density at radius 2 is 2.37 bits per heavy atom. The second kappa shape index (κ2) is 6.56. The van der Waals surface area contributed by atoms with E-state index >= 15 is 0 Å². The van der Waals surface area contributed by atoms with Gasteiger partial charge in [0.25, 0.3) is 0 Å². The van der Waals surface area contributed by atoms with Crippen LogP contribution in [0.2, 0.25) is 0 Å². The van der Waals surface area contributed by atoms with Gasteiger partial charge in [-0.25, -0.2) is 0 Å². The van der Waals surface area contributed by atoms with Crippen molar-refractivity contribution >= 4 is 17.6 Å². The molecular weight excluding hydrogens is 242 g/mol. The van der Waals surface area contributed by atoms with E-state index in [4.69, 9.17) is 10.8 Å². The number of anilines is 3. The van der Waals surface area contributed by atoms with E-state index in [0.29, 0.717) is 12.0 Å². The molecule has 1 saturated heterocycles. The summed E-state index contributed by atoms with van der Waals surface area (Å²) in [5, 5.41) is 12.1. The molecule has 2 heterocycles. The van der Waals surface area contributed by atoms with Crippen molar-refractivity contribution in [3.63, 3.8) is 0 Å². The van der Waals surface area contributed by atoms with E-state index in [-0.39, 0.29) is 6.61 Å². The largest absolute Gasteiger partial charge is 0.396 e. The molecule has 2 rings (SSSR count). The van der Waals surface area contributed by atoms with E-state index in [0.717, 1.165) is 50.4 Å². The Labute approximate surface area is 114 Å². The summed E-state index contributed by atoms with van der Waals surface area (Å²) in [6.07, 6.45) is 4.15. The van der Waals surface area contributed by atoms with Crippen LogP contribution in [0.4, 0.5) is 17.6 Å². The third-order valence-corrected chi connectivity index (χ3v) is 3.45. The highest BCUT2D eigenvalue weighted by Gasteiger charge is 2.25. The number of nitrogens with one attached hydrogen (secondary N) is 1. The van der Waals surface area contributed by atoms with Gasteiger partial charge in [-0.1, -0.05) is 0 Å². The van der Waals surface area contributed by atoms with Crippen LogP contribution in [-0.4, -0.2) is 40.8 Å². The summed E-state index contributed by atoms with van der Waals surface area (Å²) in [6.45, 7) is 4.08. The lowest BCUT2D eigenvalue weighted by molar-refractivity contribution is 0.279. The van der Waals surface area contributed by atoms with Gasteiger partial charge in [0.2, 0.25) is 5.95 Å². The summed E-state index contributed by atoms with van der Waals surface area (Å²) in [4.78, 5) is 10.8. The summed E-state index contributed by atoms with van der Waals surface area (Å²) in [7, 11) is 0. The highest BCUT2D eigenvalue weighted by molar-refractivity contribution is 5.53. The van der Waals surface area contributed by atoms with Crippen molar-refractivity contribution < 1.29 is 5.11 Å². The van der Waals surface area contributed by atoms with Gasteiger partial charge in [0, 0.05) is 31.8 Å². The molecule has 1 aliphatic heterocycles. The molecule has 0 bridgehead atoms. The number of aliphatic hydroxyl groups is 1. The lowest BCUT2D eigenvalue weighted by Gasteiger charge is -2.26. The summed E-state index contributed by atoms with van der Waals surface area (Å²) in [5.41, 5.74) is 5.77. The monoisotopic (exact) mass is 265 g/mol. The Bertz CT molecular complexity index is 412. The Morgan fingerprint density at radius 3 is 3.11 bits per heavy atom. The molecule has 1 atom stereocenters. The molecule has 0 saturated carbocycles. The zero-order chi connectivity index (χ0) is 13.7. The molecule has 4 N–H and O–H groups in total. The van der Waals surface area contributed by atoms with Crippen LogP contribution in [0, 0.1) is 0 Å². The van der Waals surface area contributed by atoms with Gasteiger partial charge in [-0.15, -0.1) is 0 Å².